The van der Waals surface area contributed by atoms with Crippen LogP contribution in [0.3, 0.4) is 0 Å². The van der Waals surface area contributed by atoms with Crippen LogP contribution in [-0.4, -0.2) is 42.0 Å². The van der Waals surface area contributed by atoms with Crippen LogP contribution >= 0.6 is 11.8 Å². The summed E-state index contributed by atoms with van der Waals surface area (Å²) in [7, 11) is 0. The lowest BCUT2D eigenvalue weighted by molar-refractivity contribution is 0.103. The smallest absolute Gasteiger partial charge is 0.0698 e. The van der Waals surface area contributed by atoms with Gasteiger partial charge in [-0.1, -0.05) is 0 Å². The molecule has 0 saturated carbocycles. The second kappa shape index (κ2) is 6.71. The monoisotopic (exact) mass is 193 g/mol. The van der Waals surface area contributed by atoms with E-state index in [0.29, 0.717) is 13.2 Å². The van der Waals surface area contributed by atoms with E-state index in [1.165, 1.54) is 0 Å². The Kier molecular flexibility index (Phi) is 6.84. The highest BCUT2D eigenvalue weighted by Gasteiger charge is 2.09. The van der Waals surface area contributed by atoms with Crippen LogP contribution in [0.2, 0.25) is 0 Å². The van der Waals surface area contributed by atoms with Gasteiger partial charge in [-0.3, -0.25) is 0 Å². The van der Waals surface area contributed by atoms with Crippen molar-refractivity contribution in [1.29, 1.82) is 0 Å². The summed E-state index contributed by atoms with van der Waals surface area (Å²) in [5.74, 6) is 1.89. The Bertz CT molecular complexity index is 104. The summed E-state index contributed by atoms with van der Waals surface area (Å²) in [6.07, 6.45) is 0. The SMILES string of the molecule is CC(C)(N)CSCCOCCO. The van der Waals surface area contributed by atoms with Crippen molar-refractivity contribution in [3.63, 3.8) is 0 Å². The van der Waals surface area contributed by atoms with Gasteiger partial charge in [-0.05, 0) is 13.8 Å². The van der Waals surface area contributed by atoms with Crippen LogP contribution in [0.25, 0.3) is 0 Å². The maximum atomic E-state index is 8.40. The predicted molar refractivity (Wildman–Crippen MR) is 53.5 cm³/mol. The number of aliphatic hydroxyl groups excluding tert-OH is 1. The minimum Gasteiger partial charge on any atom is -0.394 e. The normalized spacial score (nSPS) is 12.0. The first-order valence-electron chi connectivity index (χ1n) is 4.11. The Balaban J connectivity index is 3.01. The molecule has 4 heteroatoms. The molecule has 0 bridgehead atoms. The van der Waals surface area contributed by atoms with E-state index in [4.69, 9.17) is 15.6 Å². The fraction of sp³-hybridized carbons (Fsp3) is 1.00. The zero-order chi connectivity index (χ0) is 9.45. The third-order valence-electron chi connectivity index (χ3n) is 1.08. The maximum absolute atomic E-state index is 8.40. The molecule has 0 aromatic heterocycles. The molecular weight excluding hydrogens is 174 g/mol. The Morgan fingerprint density at radius 2 is 2.08 bits per heavy atom. The van der Waals surface area contributed by atoms with Crippen molar-refractivity contribution in [2.24, 2.45) is 5.73 Å². The lowest BCUT2D eigenvalue weighted by Gasteiger charge is -2.17. The summed E-state index contributed by atoms with van der Waals surface area (Å²) in [4.78, 5) is 0. The molecule has 0 rings (SSSR count). The lowest BCUT2D eigenvalue weighted by atomic mass is 10.1. The van der Waals surface area contributed by atoms with Gasteiger partial charge in [-0.2, -0.15) is 11.8 Å². The van der Waals surface area contributed by atoms with Crippen molar-refractivity contribution in [3.05, 3.63) is 0 Å². The quantitative estimate of drug-likeness (QED) is 0.577. The Labute approximate surface area is 78.7 Å². The number of rotatable bonds is 7. The summed E-state index contributed by atoms with van der Waals surface area (Å²) < 4.78 is 5.09. The van der Waals surface area contributed by atoms with Gasteiger partial charge in [0.25, 0.3) is 0 Å². The first kappa shape index (κ1) is 12.2. The van der Waals surface area contributed by atoms with E-state index in [2.05, 4.69) is 0 Å². The minimum absolute atomic E-state index is 0.0956. The van der Waals surface area contributed by atoms with E-state index < -0.39 is 0 Å². The van der Waals surface area contributed by atoms with Crippen LogP contribution in [0.1, 0.15) is 13.8 Å². The van der Waals surface area contributed by atoms with Gasteiger partial charge in [0.05, 0.1) is 19.8 Å². The molecule has 0 amide bonds. The maximum Gasteiger partial charge on any atom is 0.0698 e. The van der Waals surface area contributed by atoms with Gasteiger partial charge in [0.2, 0.25) is 0 Å². The van der Waals surface area contributed by atoms with Gasteiger partial charge >= 0.3 is 0 Å². The Morgan fingerprint density at radius 3 is 2.58 bits per heavy atom. The number of ether oxygens (including phenoxy) is 1. The molecule has 0 unspecified atom stereocenters. The highest BCUT2D eigenvalue weighted by atomic mass is 32.2. The molecule has 0 aromatic rings. The van der Waals surface area contributed by atoms with Crippen molar-refractivity contribution < 1.29 is 9.84 Å². The summed E-state index contributed by atoms with van der Waals surface area (Å²) in [6.45, 7) is 5.25. The first-order valence-corrected chi connectivity index (χ1v) is 5.27. The summed E-state index contributed by atoms with van der Waals surface area (Å²) >= 11 is 1.78. The molecule has 0 aromatic carbocycles. The van der Waals surface area contributed by atoms with Crippen LogP contribution in [0.5, 0.6) is 0 Å². The molecule has 0 fully saturated rings. The molecule has 0 radical (unpaired) electrons. The molecule has 3 nitrogen and oxygen atoms in total. The molecule has 0 spiro atoms. The summed E-state index contributed by atoms with van der Waals surface area (Å²) in [5, 5.41) is 8.40. The minimum atomic E-state index is -0.0956. The number of hydrogen-bond acceptors (Lipinski definition) is 4. The predicted octanol–water partition coefficient (Wildman–Crippen LogP) is 0.466. The summed E-state index contributed by atoms with van der Waals surface area (Å²) in [5.41, 5.74) is 5.68. The highest BCUT2D eigenvalue weighted by Crippen LogP contribution is 2.08. The molecule has 12 heavy (non-hydrogen) atoms. The zero-order valence-corrected chi connectivity index (χ0v) is 8.69. The van der Waals surface area contributed by atoms with Gasteiger partial charge in [0, 0.05) is 17.0 Å². The van der Waals surface area contributed by atoms with Crippen molar-refractivity contribution in [1.82, 2.24) is 0 Å². The second-order valence-electron chi connectivity index (χ2n) is 3.38. The summed E-state index contributed by atoms with van der Waals surface area (Å²) in [6, 6.07) is 0. The van der Waals surface area contributed by atoms with E-state index in [-0.39, 0.29) is 12.1 Å². The van der Waals surface area contributed by atoms with Crippen molar-refractivity contribution >= 4 is 11.8 Å². The Hall–Kier alpha value is 0.230. The average molecular weight is 193 g/mol. The largest absolute Gasteiger partial charge is 0.394 e. The third kappa shape index (κ3) is 10.2. The molecule has 0 saturated heterocycles. The standard InChI is InChI=1S/C8H19NO2S/c1-8(2,9)7-12-6-5-11-4-3-10/h10H,3-7,9H2,1-2H3. The Morgan fingerprint density at radius 1 is 1.42 bits per heavy atom. The topological polar surface area (TPSA) is 55.5 Å². The van der Waals surface area contributed by atoms with Crippen molar-refractivity contribution in [3.8, 4) is 0 Å². The van der Waals surface area contributed by atoms with Crippen LogP contribution < -0.4 is 5.73 Å². The fourth-order valence-electron chi connectivity index (χ4n) is 0.620. The molecule has 0 aliphatic carbocycles. The van der Waals surface area contributed by atoms with Gasteiger partial charge in [0.1, 0.15) is 0 Å². The van der Waals surface area contributed by atoms with Crippen LogP contribution in [0.15, 0.2) is 0 Å². The fourth-order valence-corrected chi connectivity index (χ4v) is 1.53. The number of nitrogens with two attached hydrogens (primary N) is 1. The van der Waals surface area contributed by atoms with Crippen LogP contribution in [-0.2, 0) is 4.74 Å². The van der Waals surface area contributed by atoms with E-state index in [1.54, 1.807) is 11.8 Å². The van der Waals surface area contributed by atoms with Gasteiger partial charge in [-0.25, -0.2) is 0 Å². The molecule has 0 aliphatic heterocycles. The number of thioether (sulfide) groups is 1. The second-order valence-corrected chi connectivity index (χ2v) is 4.48. The van der Waals surface area contributed by atoms with E-state index in [9.17, 15) is 0 Å². The average Bonchev–Trinajstić information content (AvgIpc) is 1.94. The van der Waals surface area contributed by atoms with Crippen molar-refractivity contribution in [2.75, 3.05) is 31.3 Å². The molecular formula is C8H19NO2S. The number of aliphatic hydroxyl groups is 1. The molecule has 0 atom stereocenters. The lowest BCUT2D eigenvalue weighted by Crippen LogP contribution is -2.34. The molecule has 0 heterocycles. The molecule has 0 aliphatic rings. The molecule has 74 valence electrons. The molecule has 3 N–H and O–H groups in total. The third-order valence-corrected chi connectivity index (χ3v) is 2.49. The van der Waals surface area contributed by atoms with Crippen LogP contribution in [0, 0.1) is 0 Å². The zero-order valence-electron chi connectivity index (χ0n) is 7.88. The van der Waals surface area contributed by atoms with Gasteiger partial charge in [0.15, 0.2) is 0 Å². The first-order chi connectivity index (χ1) is 5.56. The van der Waals surface area contributed by atoms with Gasteiger partial charge in [-0.15, -0.1) is 0 Å². The van der Waals surface area contributed by atoms with Crippen LogP contribution in [0.4, 0.5) is 0 Å². The highest BCUT2D eigenvalue weighted by molar-refractivity contribution is 7.99. The van der Waals surface area contributed by atoms with Gasteiger partial charge < -0.3 is 15.6 Å². The van der Waals surface area contributed by atoms with E-state index >= 15 is 0 Å². The van der Waals surface area contributed by atoms with E-state index in [0.717, 1.165) is 11.5 Å². The van der Waals surface area contributed by atoms with E-state index in [1.807, 2.05) is 13.8 Å². The number of hydrogen-bond donors (Lipinski definition) is 2. The van der Waals surface area contributed by atoms with Crippen molar-refractivity contribution in [2.45, 2.75) is 19.4 Å².